The molecule has 2 N–H and O–H groups in total. The molecular formula is C17H21NO2. The lowest BCUT2D eigenvalue weighted by Gasteiger charge is -2.16. The van der Waals surface area contributed by atoms with E-state index in [4.69, 9.17) is 15.2 Å². The van der Waals surface area contributed by atoms with Crippen LogP contribution in [0.2, 0.25) is 0 Å². The van der Waals surface area contributed by atoms with E-state index < -0.39 is 0 Å². The zero-order valence-electron chi connectivity index (χ0n) is 12.4. The normalized spacial score (nSPS) is 12.1. The largest absolute Gasteiger partial charge is 0.493 e. The lowest BCUT2D eigenvalue weighted by Crippen LogP contribution is -2.12. The summed E-state index contributed by atoms with van der Waals surface area (Å²) in [6.45, 7) is 4.16. The summed E-state index contributed by atoms with van der Waals surface area (Å²) in [4.78, 5) is 0. The maximum atomic E-state index is 6.37. The fraction of sp³-hybridized carbons (Fsp3) is 0.294. The predicted molar refractivity (Wildman–Crippen MR) is 81.5 cm³/mol. The number of rotatable bonds is 4. The standard InChI is InChI=1S/C17H21NO2/c1-11-7-12(2)9-14(8-11)17(18)13-5-6-15(19-3)16(10-13)20-4/h5-10,17H,18H2,1-4H3. The number of hydrogen-bond donors (Lipinski definition) is 1. The van der Waals surface area contributed by atoms with Crippen molar-refractivity contribution in [1.29, 1.82) is 0 Å². The number of nitrogens with two attached hydrogens (primary N) is 1. The predicted octanol–water partition coefficient (Wildman–Crippen LogP) is 3.37. The van der Waals surface area contributed by atoms with Gasteiger partial charge in [0, 0.05) is 0 Å². The average molecular weight is 271 g/mol. The highest BCUT2D eigenvalue weighted by Crippen LogP contribution is 2.31. The van der Waals surface area contributed by atoms with Gasteiger partial charge in [0.15, 0.2) is 11.5 Å². The molecule has 2 rings (SSSR count). The molecule has 0 aliphatic heterocycles. The first-order valence-electron chi connectivity index (χ1n) is 6.61. The Bertz CT molecular complexity index is 588. The highest BCUT2D eigenvalue weighted by molar-refractivity contribution is 5.46. The molecule has 20 heavy (non-hydrogen) atoms. The molecule has 0 bridgehead atoms. The summed E-state index contributed by atoms with van der Waals surface area (Å²) in [6, 6.07) is 12.0. The molecule has 2 aromatic rings. The average Bonchev–Trinajstić information content (AvgIpc) is 2.44. The molecule has 0 aliphatic rings. The van der Waals surface area contributed by atoms with Gasteiger partial charge in [0.05, 0.1) is 20.3 Å². The van der Waals surface area contributed by atoms with Crippen LogP contribution in [-0.2, 0) is 0 Å². The summed E-state index contributed by atoms with van der Waals surface area (Å²) in [5.74, 6) is 1.41. The third kappa shape index (κ3) is 2.94. The number of ether oxygens (including phenoxy) is 2. The van der Waals surface area contributed by atoms with Gasteiger partial charge in [-0.05, 0) is 37.1 Å². The Morgan fingerprint density at radius 1 is 0.800 bits per heavy atom. The number of methoxy groups -OCH3 is 2. The topological polar surface area (TPSA) is 44.5 Å². The molecule has 3 heteroatoms. The molecule has 1 unspecified atom stereocenters. The number of benzene rings is 2. The van der Waals surface area contributed by atoms with Crippen molar-refractivity contribution in [2.45, 2.75) is 19.9 Å². The van der Waals surface area contributed by atoms with Crippen LogP contribution < -0.4 is 15.2 Å². The smallest absolute Gasteiger partial charge is 0.161 e. The van der Waals surface area contributed by atoms with E-state index in [2.05, 4.69) is 32.0 Å². The number of hydrogen-bond acceptors (Lipinski definition) is 3. The summed E-state index contributed by atoms with van der Waals surface area (Å²) in [6.07, 6.45) is 0. The zero-order valence-corrected chi connectivity index (χ0v) is 12.4. The van der Waals surface area contributed by atoms with Crippen molar-refractivity contribution in [3.05, 3.63) is 58.7 Å². The van der Waals surface area contributed by atoms with Gasteiger partial charge in [0.1, 0.15) is 0 Å². The van der Waals surface area contributed by atoms with Crippen LogP contribution in [0.1, 0.15) is 28.3 Å². The molecule has 0 amide bonds. The molecule has 0 saturated heterocycles. The van der Waals surface area contributed by atoms with E-state index in [0.29, 0.717) is 11.5 Å². The van der Waals surface area contributed by atoms with Crippen LogP contribution in [0.3, 0.4) is 0 Å². The Morgan fingerprint density at radius 3 is 1.95 bits per heavy atom. The minimum atomic E-state index is -0.173. The van der Waals surface area contributed by atoms with Gasteiger partial charge in [-0.3, -0.25) is 0 Å². The molecule has 3 nitrogen and oxygen atoms in total. The molecule has 1 atom stereocenters. The van der Waals surface area contributed by atoms with Gasteiger partial charge in [-0.15, -0.1) is 0 Å². The van der Waals surface area contributed by atoms with Crippen LogP contribution >= 0.6 is 0 Å². The fourth-order valence-corrected chi connectivity index (χ4v) is 2.43. The van der Waals surface area contributed by atoms with E-state index in [1.807, 2.05) is 18.2 Å². The maximum absolute atomic E-state index is 6.37. The molecule has 0 saturated carbocycles. The molecular weight excluding hydrogens is 250 g/mol. The molecule has 0 radical (unpaired) electrons. The SMILES string of the molecule is COc1ccc(C(N)c2cc(C)cc(C)c2)cc1OC. The summed E-state index contributed by atoms with van der Waals surface area (Å²) >= 11 is 0. The summed E-state index contributed by atoms with van der Waals surface area (Å²) in [7, 11) is 3.26. The second-order valence-electron chi connectivity index (χ2n) is 5.01. The van der Waals surface area contributed by atoms with Crippen molar-refractivity contribution in [3.63, 3.8) is 0 Å². The fourth-order valence-electron chi connectivity index (χ4n) is 2.43. The second-order valence-corrected chi connectivity index (χ2v) is 5.01. The van der Waals surface area contributed by atoms with Gasteiger partial charge in [-0.1, -0.05) is 35.4 Å². The van der Waals surface area contributed by atoms with E-state index in [0.717, 1.165) is 11.1 Å². The van der Waals surface area contributed by atoms with Crippen LogP contribution in [0, 0.1) is 13.8 Å². The van der Waals surface area contributed by atoms with Gasteiger partial charge < -0.3 is 15.2 Å². The van der Waals surface area contributed by atoms with E-state index in [1.54, 1.807) is 14.2 Å². The van der Waals surface area contributed by atoms with Crippen molar-refractivity contribution in [2.24, 2.45) is 5.73 Å². The van der Waals surface area contributed by atoms with E-state index >= 15 is 0 Å². The van der Waals surface area contributed by atoms with Gasteiger partial charge in [-0.2, -0.15) is 0 Å². The summed E-state index contributed by atoms with van der Waals surface area (Å²) < 4.78 is 10.6. The van der Waals surface area contributed by atoms with Crippen LogP contribution in [0.15, 0.2) is 36.4 Å². The second kappa shape index (κ2) is 5.97. The summed E-state index contributed by atoms with van der Waals surface area (Å²) in [5, 5.41) is 0. The Labute approximate surface area is 120 Å². The Kier molecular flexibility index (Phi) is 4.30. The first-order chi connectivity index (χ1) is 9.55. The van der Waals surface area contributed by atoms with Crippen LogP contribution in [0.4, 0.5) is 0 Å². The molecule has 0 heterocycles. The van der Waals surface area contributed by atoms with Crippen molar-refractivity contribution < 1.29 is 9.47 Å². The summed E-state index contributed by atoms with van der Waals surface area (Å²) in [5.41, 5.74) is 10.9. The number of aryl methyl sites for hydroxylation is 2. The van der Waals surface area contributed by atoms with Crippen molar-refractivity contribution in [2.75, 3.05) is 14.2 Å². The molecule has 0 aliphatic carbocycles. The molecule has 106 valence electrons. The van der Waals surface area contributed by atoms with Gasteiger partial charge in [0.25, 0.3) is 0 Å². The monoisotopic (exact) mass is 271 g/mol. The van der Waals surface area contributed by atoms with Crippen molar-refractivity contribution in [1.82, 2.24) is 0 Å². The van der Waals surface area contributed by atoms with Crippen molar-refractivity contribution in [3.8, 4) is 11.5 Å². The first kappa shape index (κ1) is 14.4. The van der Waals surface area contributed by atoms with Gasteiger partial charge in [-0.25, -0.2) is 0 Å². The third-order valence-corrected chi connectivity index (χ3v) is 3.37. The Hall–Kier alpha value is -2.00. The molecule has 0 spiro atoms. The molecule has 0 aromatic heterocycles. The lowest BCUT2D eigenvalue weighted by atomic mass is 9.96. The van der Waals surface area contributed by atoms with Gasteiger partial charge >= 0.3 is 0 Å². The minimum Gasteiger partial charge on any atom is -0.493 e. The third-order valence-electron chi connectivity index (χ3n) is 3.37. The highest BCUT2D eigenvalue weighted by atomic mass is 16.5. The highest BCUT2D eigenvalue weighted by Gasteiger charge is 2.13. The van der Waals surface area contributed by atoms with E-state index in [1.165, 1.54) is 11.1 Å². The zero-order chi connectivity index (χ0) is 14.7. The van der Waals surface area contributed by atoms with E-state index in [-0.39, 0.29) is 6.04 Å². The van der Waals surface area contributed by atoms with Crippen LogP contribution in [-0.4, -0.2) is 14.2 Å². The molecule has 2 aromatic carbocycles. The lowest BCUT2D eigenvalue weighted by molar-refractivity contribution is 0.354. The van der Waals surface area contributed by atoms with E-state index in [9.17, 15) is 0 Å². The molecule has 0 fully saturated rings. The van der Waals surface area contributed by atoms with Crippen LogP contribution in [0.25, 0.3) is 0 Å². The Morgan fingerprint density at radius 2 is 1.40 bits per heavy atom. The quantitative estimate of drug-likeness (QED) is 0.927. The van der Waals surface area contributed by atoms with Crippen molar-refractivity contribution >= 4 is 0 Å². The Balaban J connectivity index is 2.39. The van der Waals surface area contributed by atoms with Gasteiger partial charge in [0.2, 0.25) is 0 Å². The van der Waals surface area contributed by atoms with Crippen LogP contribution in [0.5, 0.6) is 11.5 Å². The maximum Gasteiger partial charge on any atom is 0.161 e. The minimum absolute atomic E-state index is 0.173. The first-order valence-corrected chi connectivity index (χ1v) is 6.61.